The highest BCUT2D eigenvalue weighted by Gasteiger charge is 2.22. The molecule has 10 N–H and O–H groups in total. The highest BCUT2D eigenvalue weighted by molar-refractivity contribution is 7.45. The van der Waals surface area contributed by atoms with Crippen molar-refractivity contribution in [3.8, 4) is 11.5 Å². The molecule has 2 rings (SSSR count). The zero-order valence-corrected chi connectivity index (χ0v) is 24.6. The smallest absolute Gasteiger partial charge is 0.317 e. The number of hydrogen-bond donors (Lipinski definition) is 4. The molecule has 0 fully saturated rings. The first-order valence-electron chi connectivity index (χ1n) is 11.7. The summed E-state index contributed by atoms with van der Waals surface area (Å²) in [4.78, 5) is 39.8. The average molecular weight is 565 g/mol. The van der Waals surface area contributed by atoms with Crippen LogP contribution in [0.25, 0.3) is 0 Å². The molecule has 0 aliphatic carbocycles. The molecule has 0 aliphatic rings. The number of phosphoric acid groups is 2. The van der Waals surface area contributed by atoms with Gasteiger partial charge in [-0.05, 0) is 23.7 Å². The Morgan fingerprint density at radius 2 is 0.811 bits per heavy atom. The van der Waals surface area contributed by atoms with Crippen molar-refractivity contribution in [1.29, 1.82) is 0 Å². The minimum atomic E-state index is -4.81. The zero-order chi connectivity index (χ0) is 28.2. The Hall–Kier alpha value is -1.78. The molecule has 2 aromatic carbocycles. The van der Waals surface area contributed by atoms with E-state index in [1.165, 1.54) is 0 Å². The van der Waals surface area contributed by atoms with E-state index >= 15 is 0 Å². The minimum Gasteiger partial charge on any atom is -0.746 e. The molecule has 0 bridgehead atoms. The van der Waals surface area contributed by atoms with Crippen LogP contribution < -0.4 is 30.3 Å². The van der Waals surface area contributed by atoms with E-state index in [9.17, 15) is 18.9 Å². The molecular formula is C24H42N2O9P2. The molecule has 0 aliphatic heterocycles. The van der Waals surface area contributed by atoms with Crippen LogP contribution in [-0.4, -0.2) is 15.3 Å². The van der Waals surface area contributed by atoms with Crippen molar-refractivity contribution in [3.63, 3.8) is 0 Å². The van der Waals surface area contributed by atoms with Crippen LogP contribution in [0.15, 0.2) is 24.3 Å². The van der Waals surface area contributed by atoms with Gasteiger partial charge in [-0.25, -0.2) is 0 Å². The van der Waals surface area contributed by atoms with Crippen molar-refractivity contribution < 1.29 is 54.7 Å². The average Bonchev–Trinajstić information content (AvgIpc) is 2.67. The fraction of sp³-hybridized carbons (Fsp3) is 0.500. The minimum absolute atomic E-state index is 0. The first-order valence-corrected chi connectivity index (χ1v) is 14.7. The van der Waals surface area contributed by atoms with E-state index in [-0.39, 0.29) is 40.6 Å². The summed E-state index contributed by atoms with van der Waals surface area (Å²) < 4.78 is 31.5. The Kier molecular flexibility index (Phi) is 13.2. The second-order valence-corrected chi connectivity index (χ2v) is 12.2. The van der Waals surface area contributed by atoms with Gasteiger partial charge in [-0.1, -0.05) is 55.4 Å². The van der Waals surface area contributed by atoms with Gasteiger partial charge >= 0.3 is 15.6 Å². The van der Waals surface area contributed by atoms with Crippen LogP contribution in [0.5, 0.6) is 11.5 Å². The molecule has 0 saturated carbocycles. The summed E-state index contributed by atoms with van der Waals surface area (Å²) in [6.45, 7) is 15.4. The fourth-order valence-electron chi connectivity index (χ4n) is 3.63. The van der Waals surface area contributed by atoms with Gasteiger partial charge < -0.3 is 45.6 Å². The second-order valence-electron chi connectivity index (χ2n) is 9.95. The maximum absolute atomic E-state index is 11.0. The van der Waals surface area contributed by atoms with Crippen LogP contribution >= 0.6 is 15.6 Å². The van der Waals surface area contributed by atoms with E-state index in [4.69, 9.17) is 18.8 Å². The lowest BCUT2D eigenvalue weighted by Gasteiger charge is -2.24. The first-order chi connectivity index (χ1) is 16.2. The topological polar surface area (TPSA) is 226 Å². The van der Waals surface area contributed by atoms with E-state index in [1.807, 2.05) is 55.4 Å². The number of phosphoric ester groups is 2. The summed E-state index contributed by atoms with van der Waals surface area (Å²) in [6.07, 6.45) is 0. The summed E-state index contributed by atoms with van der Waals surface area (Å²) in [7, 11) is -9.61. The van der Waals surface area contributed by atoms with E-state index in [1.54, 1.807) is 24.3 Å². The van der Waals surface area contributed by atoms with Gasteiger partial charge in [0.25, 0.3) is 0 Å². The van der Waals surface area contributed by atoms with E-state index in [0.717, 1.165) is 33.6 Å². The van der Waals surface area contributed by atoms with Gasteiger partial charge in [0, 0.05) is 46.5 Å². The maximum Gasteiger partial charge on any atom is 0.317 e. The van der Waals surface area contributed by atoms with Gasteiger partial charge in [0.15, 0.2) is 0 Å². The Labute approximate surface area is 219 Å². The Balaban J connectivity index is 0.000000682. The van der Waals surface area contributed by atoms with Gasteiger partial charge in [0.1, 0.15) is 22.9 Å². The molecule has 37 heavy (non-hydrogen) atoms. The molecular weight excluding hydrogens is 522 g/mol. The molecule has 0 amide bonds. The lowest BCUT2D eigenvalue weighted by atomic mass is 9.93. The van der Waals surface area contributed by atoms with Crippen molar-refractivity contribution in [2.75, 3.05) is 0 Å². The molecule has 0 spiro atoms. The third-order valence-corrected chi connectivity index (χ3v) is 6.14. The van der Waals surface area contributed by atoms with Crippen LogP contribution in [-0.2, 0) is 9.13 Å². The predicted molar refractivity (Wildman–Crippen MR) is 139 cm³/mol. The Morgan fingerprint density at radius 1 is 0.622 bits per heavy atom. The van der Waals surface area contributed by atoms with Crippen molar-refractivity contribution in [1.82, 2.24) is 0 Å². The summed E-state index contributed by atoms with van der Waals surface area (Å²) in [5, 5.41) is 0. The van der Waals surface area contributed by atoms with Crippen LogP contribution in [0.4, 0.5) is 11.4 Å². The molecule has 0 saturated heterocycles. The fourth-order valence-corrected chi connectivity index (χ4v) is 4.52. The quantitative estimate of drug-likeness (QED) is 0.347. The molecule has 2 atom stereocenters. The van der Waals surface area contributed by atoms with Crippen LogP contribution in [0.3, 0.4) is 0 Å². The molecule has 13 heteroatoms. The van der Waals surface area contributed by atoms with Gasteiger partial charge in [0.2, 0.25) is 0 Å². The lowest BCUT2D eigenvalue weighted by Crippen LogP contribution is -2.40. The number of quaternary nitrogens is 2. The number of rotatable bonds is 8. The predicted octanol–water partition coefficient (Wildman–Crippen LogP) is 2.47. The van der Waals surface area contributed by atoms with Crippen molar-refractivity contribution in [2.24, 2.45) is 0 Å². The largest absolute Gasteiger partial charge is 0.746 e. The number of benzene rings is 2. The van der Waals surface area contributed by atoms with Crippen LogP contribution in [0.2, 0.25) is 0 Å². The second kappa shape index (κ2) is 13.8. The molecule has 0 radical (unpaired) electrons. The van der Waals surface area contributed by atoms with E-state index < -0.39 is 15.6 Å². The summed E-state index contributed by atoms with van der Waals surface area (Å²) in [5.41, 5.74) is 12.3. The third-order valence-electron chi connectivity index (χ3n) is 5.31. The molecule has 0 aromatic heterocycles. The van der Waals surface area contributed by atoms with Gasteiger partial charge in [-0.15, -0.1) is 0 Å². The highest BCUT2D eigenvalue weighted by Crippen LogP contribution is 2.44. The van der Waals surface area contributed by atoms with Crippen molar-refractivity contribution in [3.05, 3.63) is 46.5 Å². The molecule has 0 heterocycles. The molecule has 2 unspecified atom stereocenters. The maximum atomic E-state index is 11.0. The monoisotopic (exact) mass is 564 g/mol. The van der Waals surface area contributed by atoms with Gasteiger partial charge in [-0.2, -0.15) is 0 Å². The SMILES string of the molecule is CC(C)c1cc([NH3+])cc(C(C)C)c1OP(=O)([O-])O.CC(C)c1cc([NH3+])cc(C(C)C)c1OP(=O)([O-])O.O. The first kappa shape index (κ1) is 35.2. The summed E-state index contributed by atoms with van der Waals surface area (Å²) >= 11 is 0. The van der Waals surface area contributed by atoms with Gasteiger partial charge in [0.05, 0.1) is 0 Å². The standard InChI is InChI=1S/2C12H20NO4P.H2O/c2*1-7(2)10-5-9(13)6-11(8(3)4)12(10)17-18(14,15)16;/h2*5-8H,13H2,1-4H3,(H2,14,15,16);1H2. The van der Waals surface area contributed by atoms with Crippen LogP contribution in [0, 0.1) is 0 Å². The van der Waals surface area contributed by atoms with Crippen molar-refractivity contribution in [2.45, 2.75) is 79.1 Å². The Bertz CT molecular complexity index is 992. The van der Waals surface area contributed by atoms with E-state index in [2.05, 4.69) is 11.5 Å². The van der Waals surface area contributed by atoms with E-state index in [0.29, 0.717) is 0 Å². The number of hydrogen-bond acceptors (Lipinski definition) is 6. The molecule has 11 nitrogen and oxygen atoms in total. The molecule has 2 aromatic rings. The lowest BCUT2D eigenvalue weighted by molar-refractivity contribution is -0.255. The van der Waals surface area contributed by atoms with Crippen molar-refractivity contribution >= 4 is 27.0 Å². The summed E-state index contributed by atoms with van der Waals surface area (Å²) in [5.74, 6) is 0.759. The Morgan fingerprint density at radius 3 is 0.946 bits per heavy atom. The normalized spacial score (nSPS) is 14.5. The summed E-state index contributed by atoms with van der Waals surface area (Å²) in [6, 6.07) is 7.12. The molecule has 212 valence electrons. The zero-order valence-electron chi connectivity index (χ0n) is 22.8. The third kappa shape index (κ3) is 11.2. The van der Waals surface area contributed by atoms with Crippen LogP contribution in [0.1, 0.15) is 101 Å². The highest BCUT2D eigenvalue weighted by atomic mass is 31.2. The van der Waals surface area contributed by atoms with Gasteiger partial charge in [-0.3, -0.25) is 9.13 Å².